The van der Waals surface area contributed by atoms with Gasteiger partial charge in [0, 0.05) is 36.8 Å². The molecule has 0 unspecified atom stereocenters. The van der Waals surface area contributed by atoms with Crippen LogP contribution in [0.2, 0.25) is 0 Å². The van der Waals surface area contributed by atoms with Crippen LogP contribution in [0.4, 0.5) is 24.7 Å². The molecule has 0 radical (unpaired) electrons. The summed E-state index contributed by atoms with van der Waals surface area (Å²) in [6.07, 6.45) is -2.44. The van der Waals surface area contributed by atoms with Crippen molar-refractivity contribution in [2.75, 3.05) is 30.9 Å². The molecular weight excluding hydrogens is 395 g/mol. The quantitative estimate of drug-likeness (QED) is 0.502. The van der Waals surface area contributed by atoms with Crippen molar-refractivity contribution in [1.82, 2.24) is 9.47 Å². The molecule has 1 aliphatic rings. The van der Waals surface area contributed by atoms with E-state index in [0.29, 0.717) is 33.7 Å². The van der Waals surface area contributed by atoms with Gasteiger partial charge in [0.25, 0.3) is 5.91 Å². The minimum absolute atomic E-state index is 0.0567. The summed E-state index contributed by atoms with van der Waals surface area (Å²) in [5.41, 5.74) is 7.62. The van der Waals surface area contributed by atoms with Crippen LogP contribution in [0.1, 0.15) is 28.8 Å². The number of nitrogen functional groups attached to an aromatic ring is 1. The zero-order valence-corrected chi connectivity index (χ0v) is 16.4. The lowest BCUT2D eigenvalue weighted by Gasteiger charge is -2.18. The molecule has 1 aromatic heterocycles. The van der Waals surface area contributed by atoms with Crippen LogP contribution in [0, 0.1) is 0 Å². The number of carbonyl (C=O) groups is 1. The molecule has 1 aliphatic heterocycles. The van der Waals surface area contributed by atoms with Gasteiger partial charge in [-0.15, -0.1) is 0 Å². The minimum Gasteiger partial charge on any atom is -0.395 e. The molecule has 4 rings (SSSR count). The molecule has 0 bridgehead atoms. The Hall–Kier alpha value is -3.20. The topological polar surface area (TPSA) is 80.5 Å². The molecule has 0 spiro atoms. The van der Waals surface area contributed by atoms with E-state index < -0.39 is 11.7 Å². The zero-order valence-electron chi connectivity index (χ0n) is 16.4. The Morgan fingerprint density at radius 1 is 1.07 bits per heavy atom. The highest BCUT2D eigenvalue weighted by Gasteiger charge is 2.30. The summed E-state index contributed by atoms with van der Waals surface area (Å²) in [5, 5.41) is 1.93. The number of alkyl halides is 3. The lowest BCUT2D eigenvalue weighted by Crippen LogP contribution is -2.28. The molecule has 158 valence electrons. The number of fused-ring (bicyclic) bond motifs is 1. The van der Waals surface area contributed by atoms with Gasteiger partial charge in [0.1, 0.15) is 0 Å². The Bertz CT molecular complexity index is 1100. The van der Waals surface area contributed by atoms with E-state index in [1.165, 1.54) is 17.1 Å². The maximum Gasteiger partial charge on any atom is 0.416 e. The summed E-state index contributed by atoms with van der Waals surface area (Å²) in [7, 11) is 1.60. The number of hydrogen-bond donors (Lipinski definition) is 2. The molecule has 0 saturated carbocycles. The van der Waals surface area contributed by atoms with Crippen molar-refractivity contribution < 1.29 is 18.0 Å². The fourth-order valence-corrected chi connectivity index (χ4v) is 3.95. The zero-order chi connectivity index (χ0) is 21.6. The van der Waals surface area contributed by atoms with Gasteiger partial charge < -0.3 is 10.6 Å². The molecule has 1 amide bonds. The first-order valence-electron chi connectivity index (χ1n) is 9.58. The lowest BCUT2D eigenvalue weighted by molar-refractivity contribution is -0.137. The number of halogens is 3. The standard InChI is InChI=1S/C21H22F3N5O/c1-27(26)19-18(25)16-12-13(20(30)28-10-2-3-11-28)4-9-17(16)29(19)15-7-5-14(6-8-15)21(22,23)24/h4-9,12H,2-3,10-11,25-26H2,1H3. The molecular formula is C21H22F3N5O. The summed E-state index contributed by atoms with van der Waals surface area (Å²) in [6, 6.07) is 9.96. The van der Waals surface area contributed by atoms with Crippen LogP contribution in [-0.2, 0) is 6.18 Å². The Labute approximate surface area is 171 Å². The lowest BCUT2D eigenvalue weighted by atomic mass is 10.1. The van der Waals surface area contributed by atoms with E-state index >= 15 is 0 Å². The third-order valence-electron chi connectivity index (χ3n) is 5.41. The summed E-state index contributed by atoms with van der Waals surface area (Å²) in [6.45, 7) is 1.46. The summed E-state index contributed by atoms with van der Waals surface area (Å²) in [5.74, 6) is 6.36. The van der Waals surface area contributed by atoms with Gasteiger partial charge in [0.15, 0.2) is 5.82 Å². The molecule has 4 N–H and O–H groups in total. The average Bonchev–Trinajstić information content (AvgIpc) is 3.33. The first-order valence-corrected chi connectivity index (χ1v) is 9.58. The Kier molecular flexibility index (Phi) is 4.85. The van der Waals surface area contributed by atoms with Gasteiger partial charge in [-0.05, 0) is 55.3 Å². The van der Waals surface area contributed by atoms with Crippen LogP contribution in [0.3, 0.4) is 0 Å². The average molecular weight is 417 g/mol. The van der Waals surface area contributed by atoms with E-state index in [9.17, 15) is 18.0 Å². The first kappa shape index (κ1) is 20.1. The number of aromatic nitrogens is 1. The van der Waals surface area contributed by atoms with Crippen LogP contribution in [0.5, 0.6) is 0 Å². The SMILES string of the molecule is CN(N)c1c(N)c2cc(C(=O)N3CCCC3)ccc2n1-c1ccc(C(F)(F)F)cc1. The van der Waals surface area contributed by atoms with Crippen LogP contribution < -0.4 is 16.6 Å². The fraction of sp³-hybridized carbons (Fsp3) is 0.286. The second kappa shape index (κ2) is 7.24. The van der Waals surface area contributed by atoms with Crippen molar-refractivity contribution >= 4 is 28.3 Å². The van der Waals surface area contributed by atoms with E-state index in [2.05, 4.69) is 0 Å². The number of nitrogens with two attached hydrogens (primary N) is 2. The predicted octanol–water partition coefficient (Wildman–Crippen LogP) is 3.78. The highest BCUT2D eigenvalue weighted by Crippen LogP contribution is 2.38. The van der Waals surface area contributed by atoms with Gasteiger partial charge in [-0.2, -0.15) is 13.2 Å². The number of hydrogen-bond acceptors (Lipinski definition) is 4. The number of amides is 1. The number of hydrazine groups is 1. The molecule has 1 saturated heterocycles. The van der Waals surface area contributed by atoms with Crippen molar-refractivity contribution in [3.63, 3.8) is 0 Å². The summed E-state index contributed by atoms with van der Waals surface area (Å²) < 4.78 is 40.5. The molecule has 0 aliphatic carbocycles. The third kappa shape index (κ3) is 3.35. The number of likely N-dealkylation sites (tertiary alicyclic amines) is 1. The van der Waals surface area contributed by atoms with Gasteiger partial charge >= 0.3 is 6.18 Å². The highest BCUT2D eigenvalue weighted by molar-refractivity contribution is 6.05. The summed E-state index contributed by atoms with van der Waals surface area (Å²) >= 11 is 0. The predicted molar refractivity (Wildman–Crippen MR) is 110 cm³/mol. The molecule has 2 aromatic carbocycles. The Morgan fingerprint density at radius 3 is 2.27 bits per heavy atom. The van der Waals surface area contributed by atoms with Crippen LogP contribution in [0.25, 0.3) is 16.6 Å². The van der Waals surface area contributed by atoms with Gasteiger partial charge in [-0.3, -0.25) is 14.4 Å². The molecule has 1 fully saturated rings. The van der Waals surface area contributed by atoms with Gasteiger partial charge in [-0.1, -0.05) is 0 Å². The second-order valence-electron chi connectivity index (χ2n) is 7.46. The number of anilines is 2. The number of carbonyl (C=O) groups excluding carboxylic acids is 1. The third-order valence-corrected chi connectivity index (χ3v) is 5.41. The molecule has 6 nitrogen and oxygen atoms in total. The van der Waals surface area contributed by atoms with E-state index in [0.717, 1.165) is 38.1 Å². The van der Waals surface area contributed by atoms with Crippen LogP contribution in [-0.4, -0.2) is 35.5 Å². The van der Waals surface area contributed by atoms with Crippen LogP contribution in [0.15, 0.2) is 42.5 Å². The molecule has 30 heavy (non-hydrogen) atoms. The minimum atomic E-state index is -4.42. The summed E-state index contributed by atoms with van der Waals surface area (Å²) in [4.78, 5) is 14.6. The molecule has 2 heterocycles. The van der Waals surface area contributed by atoms with Crippen molar-refractivity contribution in [1.29, 1.82) is 0 Å². The van der Waals surface area contributed by atoms with Crippen LogP contribution >= 0.6 is 0 Å². The first-order chi connectivity index (χ1) is 14.2. The van der Waals surface area contributed by atoms with Gasteiger partial charge in [0.2, 0.25) is 0 Å². The van der Waals surface area contributed by atoms with E-state index in [4.69, 9.17) is 11.6 Å². The maximum atomic E-state index is 12.9. The normalized spacial score (nSPS) is 14.5. The van der Waals surface area contributed by atoms with E-state index in [1.54, 1.807) is 34.7 Å². The number of benzene rings is 2. The van der Waals surface area contributed by atoms with Crippen molar-refractivity contribution in [3.05, 3.63) is 53.6 Å². The molecule has 3 aromatic rings. The van der Waals surface area contributed by atoms with Crippen molar-refractivity contribution in [2.45, 2.75) is 19.0 Å². The Morgan fingerprint density at radius 2 is 1.70 bits per heavy atom. The number of rotatable bonds is 3. The number of nitrogens with zero attached hydrogens (tertiary/aromatic N) is 3. The van der Waals surface area contributed by atoms with E-state index in [1.807, 2.05) is 0 Å². The smallest absolute Gasteiger partial charge is 0.395 e. The second-order valence-corrected chi connectivity index (χ2v) is 7.46. The van der Waals surface area contributed by atoms with Crippen molar-refractivity contribution in [2.24, 2.45) is 5.84 Å². The molecule has 9 heteroatoms. The van der Waals surface area contributed by atoms with Gasteiger partial charge in [-0.25, -0.2) is 5.84 Å². The van der Waals surface area contributed by atoms with Crippen molar-refractivity contribution in [3.8, 4) is 5.69 Å². The molecule has 0 atom stereocenters. The highest BCUT2D eigenvalue weighted by atomic mass is 19.4. The Balaban J connectivity index is 1.84. The maximum absolute atomic E-state index is 12.9. The monoisotopic (exact) mass is 417 g/mol. The van der Waals surface area contributed by atoms with E-state index in [-0.39, 0.29) is 5.91 Å². The fourth-order valence-electron chi connectivity index (χ4n) is 3.95. The van der Waals surface area contributed by atoms with Gasteiger partial charge in [0.05, 0.1) is 16.8 Å². The largest absolute Gasteiger partial charge is 0.416 e.